The highest BCUT2D eigenvalue weighted by molar-refractivity contribution is 5.79. The average Bonchev–Trinajstić information content (AvgIpc) is 2.95. The average molecular weight is 527 g/mol. The van der Waals surface area contributed by atoms with E-state index in [-0.39, 0.29) is 24.0 Å². The van der Waals surface area contributed by atoms with Crippen LogP contribution in [0.15, 0.2) is 88.5 Å². The number of para-hydroxylation sites is 2. The maximum absolute atomic E-state index is 12.0. The van der Waals surface area contributed by atoms with Gasteiger partial charge in [0.15, 0.2) is 5.75 Å². The van der Waals surface area contributed by atoms with E-state index < -0.39 is 22.9 Å². The van der Waals surface area contributed by atoms with Gasteiger partial charge in [0.25, 0.3) is 10.9 Å². The molecule has 3 N–H and O–H groups in total. The van der Waals surface area contributed by atoms with Gasteiger partial charge in [0.1, 0.15) is 18.4 Å². The number of hydrazine groups is 1. The molecular weight excluding hydrogens is 496 g/mol. The van der Waals surface area contributed by atoms with E-state index in [0.29, 0.717) is 6.67 Å². The van der Waals surface area contributed by atoms with E-state index in [1.54, 1.807) is 13.8 Å². The van der Waals surface area contributed by atoms with E-state index >= 15 is 0 Å². The molecule has 9 heteroatoms. The fraction of sp³-hybridized carbons (Fsp3) is 0.233. The third-order valence-electron chi connectivity index (χ3n) is 6.57. The summed E-state index contributed by atoms with van der Waals surface area (Å²) >= 11 is 0. The topological polar surface area (TPSA) is 111 Å². The van der Waals surface area contributed by atoms with Crippen LogP contribution in [0.5, 0.6) is 5.75 Å². The summed E-state index contributed by atoms with van der Waals surface area (Å²) in [5.41, 5.74) is 6.93. The van der Waals surface area contributed by atoms with Crippen LogP contribution >= 0.6 is 0 Å². The van der Waals surface area contributed by atoms with Crippen LogP contribution in [-0.2, 0) is 17.8 Å². The van der Waals surface area contributed by atoms with E-state index in [4.69, 9.17) is 4.74 Å². The summed E-state index contributed by atoms with van der Waals surface area (Å²) in [6, 6.07) is 24.9. The van der Waals surface area contributed by atoms with Crippen molar-refractivity contribution in [3.63, 3.8) is 0 Å². The Hall–Kier alpha value is -4.79. The molecular formula is C30H30N4O5. The first kappa shape index (κ1) is 25.8. The van der Waals surface area contributed by atoms with Gasteiger partial charge in [-0.3, -0.25) is 20.0 Å². The Bertz CT molecular complexity index is 1530. The second-order valence-electron chi connectivity index (χ2n) is 9.81. The molecule has 5 rings (SSSR count). The van der Waals surface area contributed by atoms with Crippen LogP contribution in [0.2, 0.25) is 0 Å². The zero-order chi connectivity index (χ0) is 27.5. The van der Waals surface area contributed by atoms with Gasteiger partial charge in [-0.2, -0.15) is 0 Å². The second-order valence-corrected chi connectivity index (χ2v) is 9.81. The number of carbonyl (C=O) groups is 1. The van der Waals surface area contributed by atoms with Crippen LogP contribution in [0, 0.1) is 0 Å². The van der Waals surface area contributed by atoms with E-state index in [1.165, 1.54) is 5.56 Å². The lowest BCUT2D eigenvalue weighted by molar-refractivity contribution is -0.137. The highest BCUT2D eigenvalue weighted by Gasteiger charge is 2.28. The van der Waals surface area contributed by atoms with Gasteiger partial charge in [0, 0.05) is 18.7 Å². The lowest BCUT2D eigenvalue weighted by Crippen LogP contribution is -2.45. The SMILES string of the molecule is CC(C)Oc1c(N[C@@H](Cc2ccc(NN3CN(c4ccccc4)Cc4ccccc43)cc2)C(=O)O)c(=O)c1=O. The summed E-state index contributed by atoms with van der Waals surface area (Å²) in [5, 5.41) is 14.6. The molecule has 0 aliphatic carbocycles. The highest BCUT2D eigenvalue weighted by atomic mass is 16.5. The molecule has 1 aliphatic heterocycles. The number of benzene rings is 3. The summed E-state index contributed by atoms with van der Waals surface area (Å²) in [6.07, 6.45) is -0.201. The molecule has 9 nitrogen and oxygen atoms in total. The number of rotatable bonds is 10. The Morgan fingerprint density at radius 1 is 0.949 bits per heavy atom. The molecule has 1 heterocycles. The van der Waals surface area contributed by atoms with Crippen LogP contribution in [0.4, 0.5) is 22.7 Å². The molecule has 200 valence electrons. The number of fused-ring (bicyclic) bond motifs is 1. The number of hydrogen-bond acceptors (Lipinski definition) is 8. The Morgan fingerprint density at radius 3 is 2.33 bits per heavy atom. The van der Waals surface area contributed by atoms with Gasteiger partial charge >= 0.3 is 5.97 Å². The minimum atomic E-state index is -1.13. The first-order valence-corrected chi connectivity index (χ1v) is 12.8. The number of ether oxygens (including phenoxy) is 1. The quantitative estimate of drug-likeness (QED) is 0.264. The minimum absolute atomic E-state index is 0.0777. The molecule has 0 unspecified atom stereocenters. The molecule has 0 saturated heterocycles. The first-order valence-electron chi connectivity index (χ1n) is 12.8. The smallest absolute Gasteiger partial charge is 0.326 e. The van der Waals surface area contributed by atoms with Crippen molar-refractivity contribution in [3.8, 4) is 5.75 Å². The van der Waals surface area contributed by atoms with Crippen molar-refractivity contribution in [2.24, 2.45) is 0 Å². The fourth-order valence-electron chi connectivity index (χ4n) is 4.65. The van der Waals surface area contributed by atoms with Gasteiger partial charge in [0.2, 0.25) is 0 Å². The van der Waals surface area contributed by atoms with Crippen molar-refractivity contribution in [1.29, 1.82) is 0 Å². The van der Waals surface area contributed by atoms with Crippen molar-refractivity contribution < 1.29 is 14.6 Å². The van der Waals surface area contributed by atoms with E-state index in [1.807, 2.05) is 54.6 Å². The zero-order valence-electron chi connectivity index (χ0n) is 21.8. The van der Waals surface area contributed by atoms with E-state index in [2.05, 4.69) is 44.9 Å². The predicted octanol–water partition coefficient (Wildman–Crippen LogP) is 3.99. The van der Waals surface area contributed by atoms with Crippen molar-refractivity contribution in [1.82, 2.24) is 0 Å². The van der Waals surface area contributed by atoms with Crippen LogP contribution in [0.25, 0.3) is 0 Å². The van der Waals surface area contributed by atoms with Gasteiger partial charge in [-0.15, -0.1) is 0 Å². The van der Waals surface area contributed by atoms with Crippen LogP contribution in [0.1, 0.15) is 25.0 Å². The van der Waals surface area contributed by atoms with Crippen LogP contribution in [-0.4, -0.2) is 29.9 Å². The van der Waals surface area contributed by atoms with E-state index in [0.717, 1.165) is 29.2 Å². The number of carboxylic acids is 1. The maximum Gasteiger partial charge on any atom is 0.326 e. The molecule has 0 spiro atoms. The Balaban J connectivity index is 1.29. The van der Waals surface area contributed by atoms with Crippen molar-refractivity contribution in [2.75, 3.05) is 27.3 Å². The fourth-order valence-corrected chi connectivity index (χ4v) is 4.65. The molecule has 0 bridgehead atoms. The number of nitrogens with one attached hydrogen (secondary N) is 2. The second kappa shape index (κ2) is 10.9. The molecule has 1 aliphatic rings. The number of carboxylic acid groups (broad SMARTS) is 1. The normalized spacial score (nSPS) is 13.7. The summed E-state index contributed by atoms with van der Waals surface area (Å²) in [5.74, 6) is -1.24. The Kier molecular flexibility index (Phi) is 7.23. The molecule has 39 heavy (non-hydrogen) atoms. The van der Waals surface area contributed by atoms with Gasteiger partial charge in [-0.05, 0) is 55.3 Å². The van der Waals surface area contributed by atoms with Crippen molar-refractivity contribution >= 4 is 28.7 Å². The molecule has 0 saturated carbocycles. The number of nitrogens with zero attached hydrogens (tertiary/aromatic N) is 2. The standard InChI is InChI=1S/C30H30N4O5/c1-19(2)39-29-26(27(35)28(29)36)31-24(30(37)38)16-20-12-14-22(15-13-20)32-34-18-33(23-9-4-3-5-10-23)17-21-8-6-7-11-25(21)34/h3-15,19,24,31-32H,16-18H2,1-2H3,(H,37,38)/t24-/m0/s1. The molecule has 0 fully saturated rings. The molecule has 0 amide bonds. The molecule has 0 aromatic heterocycles. The molecule has 1 atom stereocenters. The summed E-state index contributed by atoms with van der Waals surface area (Å²) < 4.78 is 5.40. The largest absolute Gasteiger partial charge is 0.485 e. The summed E-state index contributed by atoms with van der Waals surface area (Å²) in [6.45, 7) is 4.89. The Morgan fingerprint density at radius 2 is 1.64 bits per heavy atom. The lowest BCUT2D eigenvalue weighted by atomic mass is 10.0. The van der Waals surface area contributed by atoms with Gasteiger partial charge < -0.3 is 20.1 Å². The maximum atomic E-state index is 12.0. The van der Waals surface area contributed by atoms with Crippen LogP contribution < -0.4 is 36.2 Å². The number of aliphatic carboxylic acids is 1. The van der Waals surface area contributed by atoms with Crippen LogP contribution in [0.3, 0.4) is 0 Å². The summed E-state index contributed by atoms with van der Waals surface area (Å²) in [7, 11) is 0. The molecule has 4 aromatic rings. The summed E-state index contributed by atoms with van der Waals surface area (Å²) in [4.78, 5) is 38.1. The molecule has 0 radical (unpaired) electrons. The number of hydrogen-bond donors (Lipinski definition) is 3. The van der Waals surface area contributed by atoms with Crippen molar-refractivity contribution in [2.45, 2.75) is 39.0 Å². The van der Waals surface area contributed by atoms with E-state index in [9.17, 15) is 19.5 Å². The predicted molar refractivity (Wildman–Crippen MR) is 152 cm³/mol. The third-order valence-corrected chi connectivity index (χ3v) is 6.57. The van der Waals surface area contributed by atoms with Gasteiger partial charge in [-0.25, -0.2) is 4.79 Å². The zero-order valence-corrected chi connectivity index (χ0v) is 21.8. The number of anilines is 4. The van der Waals surface area contributed by atoms with Gasteiger partial charge in [-0.1, -0.05) is 48.5 Å². The van der Waals surface area contributed by atoms with Gasteiger partial charge in [0.05, 0.1) is 17.5 Å². The van der Waals surface area contributed by atoms with Crippen molar-refractivity contribution in [3.05, 3.63) is 110 Å². The first-order chi connectivity index (χ1) is 18.8. The minimum Gasteiger partial charge on any atom is -0.485 e. The molecule has 4 aromatic carbocycles. The highest BCUT2D eigenvalue weighted by Crippen LogP contribution is 2.30. The monoisotopic (exact) mass is 526 g/mol. The third kappa shape index (κ3) is 5.57. The lowest BCUT2D eigenvalue weighted by Gasteiger charge is -2.40. The Labute approximate surface area is 225 Å².